The second kappa shape index (κ2) is 5.01. The molecule has 0 bridgehead atoms. The summed E-state index contributed by atoms with van der Waals surface area (Å²) in [6.45, 7) is 4.15. The van der Waals surface area contributed by atoms with E-state index in [9.17, 15) is 4.79 Å². The van der Waals surface area contributed by atoms with E-state index >= 15 is 0 Å². The fraction of sp³-hybridized carbons (Fsp3) is 0.364. The average molecular weight is 213 g/mol. The predicted molar refractivity (Wildman–Crippen MR) is 56.5 cm³/mol. The fourth-order valence-electron chi connectivity index (χ4n) is 1.29. The van der Waals surface area contributed by atoms with Gasteiger partial charge in [-0.2, -0.15) is 0 Å². The highest BCUT2D eigenvalue weighted by atomic mass is 35.5. The maximum absolute atomic E-state index is 11.2. The summed E-state index contributed by atoms with van der Waals surface area (Å²) in [5, 5.41) is 0.657. The Morgan fingerprint density at radius 3 is 2.71 bits per heavy atom. The van der Waals surface area contributed by atoms with Gasteiger partial charge >= 0.3 is 5.97 Å². The molecule has 0 saturated carbocycles. The van der Waals surface area contributed by atoms with Crippen molar-refractivity contribution in [2.24, 2.45) is 0 Å². The smallest absolute Gasteiger partial charge is 0.310 e. The third kappa shape index (κ3) is 3.38. The summed E-state index contributed by atoms with van der Waals surface area (Å²) >= 11 is 5.86. The van der Waals surface area contributed by atoms with E-state index in [1.165, 1.54) is 0 Å². The Morgan fingerprint density at radius 2 is 2.14 bits per heavy atom. The summed E-state index contributed by atoms with van der Waals surface area (Å²) in [5.74, 6) is -0.214. The minimum atomic E-state index is -0.214. The van der Waals surface area contributed by atoms with Crippen LogP contribution in [0, 0.1) is 6.92 Å². The molecule has 1 rings (SSSR count). The zero-order valence-corrected chi connectivity index (χ0v) is 9.10. The van der Waals surface area contributed by atoms with E-state index in [4.69, 9.17) is 16.3 Å². The highest BCUT2D eigenvalue weighted by Crippen LogP contribution is 2.15. The fourth-order valence-corrected chi connectivity index (χ4v) is 1.61. The van der Waals surface area contributed by atoms with E-state index < -0.39 is 0 Å². The van der Waals surface area contributed by atoms with Crippen LogP contribution in [0.1, 0.15) is 18.1 Å². The summed E-state index contributed by atoms with van der Waals surface area (Å²) in [5.41, 5.74) is 1.95. The van der Waals surface area contributed by atoms with Gasteiger partial charge in [0.15, 0.2) is 0 Å². The van der Waals surface area contributed by atoms with Gasteiger partial charge in [0, 0.05) is 5.02 Å². The van der Waals surface area contributed by atoms with Crippen LogP contribution in [0.2, 0.25) is 5.02 Å². The third-order valence-corrected chi connectivity index (χ3v) is 1.97. The Labute approximate surface area is 88.8 Å². The number of carbonyl (C=O) groups is 1. The summed E-state index contributed by atoms with van der Waals surface area (Å²) < 4.78 is 4.84. The average Bonchev–Trinajstić information content (AvgIpc) is 2.01. The Bertz CT molecular complexity index is 314. The van der Waals surface area contributed by atoms with Gasteiger partial charge in [-0.15, -0.1) is 0 Å². The molecule has 0 aliphatic heterocycles. The zero-order chi connectivity index (χ0) is 10.6. The van der Waals surface area contributed by atoms with Crippen LogP contribution in [0.5, 0.6) is 0 Å². The number of aryl methyl sites for hydroxylation is 1. The van der Waals surface area contributed by atoms with Crippen molar-refractivity contribution < 1.29 is 9.53 Å². The zero-order valence-electron chi connectivity index (χ0n) is 8.34. The molecule has 0 amide bonds. The van der Waals surface area contributed by atoms with Crippen molar-refractivity contribution in [2.75, 3.05) is 6.61 Å². The van der Waals surface area contributed by atoms with Crippen molar-refractivity contribution in [3.05, 3.63) is 34.3 Å². The molecule has 0 atom stereocenters. The molecule has 0 radical (unpaired) electrons. The molecule has 0 aromatic heterocycles. The lowest BCUT2D eigenvalue weighted by Crippen LogP contribution is -2.07. The van der Waals surface area contributed by atoms with Crippen LogP contribution in [-0.4, -0.2) is 12.6 Å². The molecule has 0 aliphatic rings. The number of esters is 1. The first-order chi connectivity index (χ1) is 6.61. The molecule has 0 spiro atoms. The molecule has 0 N–H and O–H groups in total. The molecule has 0 unspecified atom stereocenters. The lowest BCUT2D eigenvalue weighted by molar-refractivity contribution is -0.142. The Balaban J connectivity index is 2.71. The van der Waals surface area contributed by atoms with Crippen LogP contribution < -0.4 is 0 Å². The molecule has 0 fully saturated rings. The summed E-state index contributed by atoms with van der Waals surface area (Å²) in [6, 6.07) is 5.57. The molecule has 14 heavy (non-hydrogen) atoms. The van der Waals surface area contributed by atoms with Gasteiger partial charge in [0.2, 0.25) is 0 Å². The second-order valence-electron chi connectivity index (χ2n) is 3.12. The number of hydrogen-bond donors (Lipinski definition) is 0. The van der Waals surface area contributed by atoms with E-state index in [0.717, 1.165) is 11.1 Å². The highest BCUT2D eigenvalue weighted by molar-refractivity contribution is 6.30. The molecule has 1 aromatic rings. The molecule has 3 heteroatoms. The molecule has 76 valence electrons. The standard InChI is InChI=1S/C11H13ClO2/c1-3-14-11(13)7-9-4-8(2)5-10(12)6-9/h4-6H,3,7H2,1-2H3. The van der Waals surface area contributed by atoms with E-state index in [1.54, 1.807) is 13.0 Å². The molecule has 1 aromatic carbocycles. The Hall–Kier alpha value is -1.02. The van der Waals surface area contributed by atoms with Gasteiger partial charge < -0.3 is 4.74 Å². The van der Waals surface area contributed by atoms with Crippen molar-refractivity contribution in [3.8, 4) is 0 Å². The second-order valence-corrected chi connectivity index (χ2v) is 3.56. The minimum absolute atomic E-state index is 0.214. The summed E-state index contributed by atoms with van der Waals surface area (Å²) in [6.07, 6.45) is 0.287. The van der Waals surface area contributed by atoms with E-state index in [-0.39, 0.29) is 12.4 Å². The SMILES string of the molecule is CCOC(=O)Cc1cc(C)cc(Cl)c1. The molecule has 0 heterocycles. The van der Waals surface area contributed by atoms with E-state index in [0.29, 0.717) is 11.6 Å². The molecule has 2 nitrogen and oxygen atoms in total. The predicted octanol–water partition coefficient (Wildman–Crippen LogP) is 2.75. The highest BCUT2D eigenvalue weighted by Gasteiger charge is 2.04. The summed E-state index contributed by atoms with van der Waals surface area (Å²) in [4.78, 5) is 11.2. The van der Waals surface area contributed by atoms with Crippen LogP contribution in [0.25, 0.3) is 0 Å². The van der Waals surface area contributed by atoms with E-state index in [1.807, 2.05) is 19.1 Å². The quantitative estimate of drug-likeness (QED) is 0.721. The number of carbonyl (C=O) groups excluding carboxylic acids is 1. The first kappa shape index (κ1) is 11.1. The number of ether oxygens (including phenoxy) is 1. The Morgan fingerprint density at radius 1 is 1.43 bits per heavy atom. The monoisotopic (exact) mass is 212 g/mol. The minimum Gasteiger partial charge on any atom is -0.466 e. The van der Waals surface area contributed by atoms with Crippen molar-refractivity contribution in [2.45, 2.75) is 20.3 Å². The largest absolute Gasteiger partial charge is 0.466 e. The molecule has 0 aliphatic carbocycles. The van der Waals surface area contributed by atoms with Crippen LogP contribution >= 0.6 is 11.6 Å². The lowest BCUT2D eigenvalue weighted by Gasteiger charge is -2.03. The first-order valence-corrected chi connectivity index (χ1v) is 4.91. The lowest BCUT2D eigenvalue weighted by atomic mass is 10.1. The van der Waals surface area contributed by atoms with Gasteiger partial charge in [-0.05, 0) is 37.1 Å². The van der Waals surface area contributed by atoms with Gasteiger partial charge in [0.25, 0.3) is 0 Å². The maximum Gasteiger partial charge on any atom is 0.310 e. The summed E-state index contributed by atoms with van der Waals surface area (Å²) in [7, 11) is 0. The van der Waals surface area contributed by atoms with Gasteiger partial charge in [-0.1, -0.05) is 17.7 Å². The van der Waals surface area contributed by atoms with Crippen LogP contribution in [0.3, 0.4) is 0 Å². The van der Waals surface area contributed by atoms with Crippen LogP contribution in [0.4, 0.5) is 0 Å². The van der Waals surface area contributed by atoms with Crippen LogP contribution in [0.15, 0.2) is 18.2 Å². The number of hydrogen-bond acceptors (Lipinski definition) is 2. The van der Waals surface area contributed by atoms with Gasteiger partial charge in [-0.3, -0.25) is 4.79 Å². The van der Waals surface area contributed by atoms with Crippen LogP contribution in [-0.2, 0) is 16.0 Å². The maximum atomic E-state index is 11.2. The number of halogens is 1. The normalized spacial score (nSPS) is 9.93. The van der Waals surface area contributed by atoms with Crippen molar-refractivity contribution >= 4 is 17.6 Å². The number of benzene rings is 1. The molecular formula is C11H13ClO2. The van der Waals surface area contributed by atoms with Crippen molar-refractivity contribution in [1.29, 1.82) is 0 Å². The molecular weight excluding hydrogens is 200 g/mol. The van der Waals surface area contributed by atoms with Gasteiger partial charge in [-0.25, -0.2) is 0 Å². The van der Waals surface area contributed by atoms with Crippen molar-refractivity contribution in [3.63, 3.8) is 0 Å². The third-order valence-electron chi connectivity index (χ3n) is 1.76. The first-order valence-electron chi connectivity index (χ1n) is 4.53. The topological polar surface area (TPSA) is 26.3 Å². The number of rotatable bonds is 3. The van der Waals surface area contributed by atoms with Gasteiger partial charge in [0.1, 0.15) is 0 Å². The Kier molecular flexibility index (Phi) is 3.96. The molecule has 0 saturated heterocycles. The van der Waals surface area contributed by atoms with E-state index in [2.05, 4.69) is 0 Å². The van der Waals surface area contributed by atoms with Crippen molar-refractivity contribution in [1.82, 2.24) is 0 Å². The van der Waals surface area contributed by atoms with Gasteiger partial charge in [0.05, 0.1) is 13.0 Å².